The molecule has 0 aliphatic carbocycles. The number of allylic oxidation sites excluding steroid dienone is 2. The third-order valence-corrected chi connectivity index (χ3v) is 10.9. The van der Waals surface area contributed by atoms with Crippen LogP contribution in [-0.2, 0) is 14.4 Å². The van der Waals surface area contributed by atoms with Gasteiger partial charge < -0.3 is 25.1 Å². The molecule has 0 aromatic heterocycles. The van der Waals surface area contributed by atoms with E-state index in [1.54, 1.807) is 30.0 Å². The molecule has 2 rings (SSSR count). The van der Waals surface area contributed by atoms with Gasteiger partial charge in [-0.05, 0) is 107 Å². The number of benzene rings is 2. The van der Waals surface area contributed by atoms with E-state index in [9.17, 15) is 24.6 Å². The molecule has 6 atom stereocenters. The first kappa shape index (κ1) is 59.0. The summed E-state index contributed by atoms with van der Waals surface area (Å²) >= 11 is 27.2. The van der Waals surface area contributed by atoms with E-state index in [0.29, 0.717) is 48.7 Å². The SMILES string of the molecule is C=CC[C@H](CCCCl)C(=O)N(C)[C@H](C)[C@H](O)c1ccccc1.C=CC[C@H](CO)CCCCl.C[C@H]([C@H](O)c1ccccc1)N(C)C(=O)CCCCCl.O=C(Cl)CCCCCl. The van der Waals surface area contributed by atoms with Crippen LogP contribution in [0.2, 0.25) is 0 Å². The molecule has 2 amide bonds. The van der Waals surface area contributed by atoms with Gasteiger partial charge in [0.05, 0.1) is 24.3 Å². The molecule has 0 heterocycles. The molecule has 0 radical (unpaired) electrons. The zero-order valence-electron chi connectivity index (χ0n) is 35.7. The number of hydrogen-bond donors (Lipinski definition) is 3. The highest BCUT2D eigenvalue weighted by atomic mass is 35.5. The molecule has 2 aromatic carbocycles. The number of aliphatic hydroxyl groups excluding tert-OH is 3. The second-order valence-electron chi connectivity index (χ2n) is 14.3. The minimum atomic E-state index is -0.701. The fraction of sp³-hybridized carbons (Fsp3) is 0.587. The summed E-state index contributed by atoms with van der Waals surface area (Å²) in [6.45, 7) is 11.3. The highest BCUT2D eigenvalue weighted by Gasteiger charge is 2.28. The first-order valence-electron chi connectivity index (χ1n) is 20.5. The van der Waals surface area contributed by atoms with Crippen LogP contribution >= 0.6 is 58.0 Å². The molecular weight excluding hydrogens is 854 g/mol. The average Bonchev–Trinajstić information content (AvgIpc) is 3.26. The summed E-state index contributed by atoms with van der Waals surface area (Å²) in [5.74, 6) is 2.77. The number of halogens is 5. The van der Waals surface area contributed by atoms with Crippen molar-refractivity contribution in [1.29, 1.82) is 0 Å². The summed E-state index contributed by atoms with van der Waals surface area (Å²) < 4.78 is 0. The largest absolute Gasteiger partial charge is 0.396 e. The van der Waals surface area contributed by atoms with E-state index in [2.05, 4.69) is 13.2 Å². The number of unbranched alkanes of at least 4 members (excludes halogenated alkanes) is 2. The van der Waals surface area contributed by atoms with Gasteiger partial charge in [-0.2, -0.15) is 0 Å². The third kappa shape index (κ3) is 28.2. The van der Waals surface area contributed by atoms with Gasteiger partial charge in [-0.15, -0.1) is 59.6 Å². The van der Waals surface area contributed by atoms with Gasteiger partial charge in [0.15, 0.2) is 0 Å². The Bertz CT molecular complexity index is 1360. The summed E-state index contributed by atoms with van der Waals surface area (Å²) in [6, 6.07) is 18.3. The second kappa shape index (κ2) is 38.8. The fourth-order valence-corrected chi connectivity index (χ4v) is 6.47. The molecule has 0 fully saturated rings. The van der Waals surface area contributed by atoms with Crippen molar-refractivity contribution in [1.82, 2.24) is 9.80 Å². The van der Waals surface area contributed by atoms with Crippen LogP contribution in [0, 0.1) is 11.8 Å². The molecular formula is C46H71Cl5N2O6. The minimum absolute atomic E-state index is 0.0347. The van der Waals surface area contributed by atoms with Crippen molar-refractivity contribution in [3.63, 3.8) is 0 Å². The molecule has 2 aromatic rings. The Labute approximate surface area is 380 Å². The van der Waals surface area contributed by atoms with E-state index in [-0.39, 0.29) is 41.7 Å². The number of carbonyl (C=O) groups excluding carboxylic acids is 3. The van der Waals surface area contributed by atoms with Crippen molar-refractivity contribution >= 4 is 75.1 Å². The topological polar surface area (TPSA) is 118 Å². The van der Waals surface area contributed by atoms with E-state index < -0.39 is 12.2 Å². The first-order valence-corrected chi connectivity index (χ1v) is 23.0. The molecule has 59 heavy (non-hydrogen) atoms. The predicted octanol–water partition coefficient (Wildman–Crippen LogP) is 11.1. The van der Waals surface area contributed by atoms with Crippen molar-refractivity contribution in [2.24, 2.45) is 11.8 Å². The van der Waals surface area contributed by atoms with Crippen molar-refractivity contribution in [3.05, 3.63) is 97.1 Å². The molecule has 13 heteroatoms. The summed E-state index contributed by atoms with van der Waals surface area (Å²) in [7, 11) is 3.48. The lowest BCUT2D eigenvalue weighted by Crippen LogP contribution is -2.42. The molecule has 3 N–H and O–H groups in total. The van der Waals surface area contributed by atoms with Crippen LogP contribution in [0.5, 0.6) is 0 Å². The zero-order valence-corrected chi connectivity index (χ0v) is 39.5. The Balaban J connectivity index is 0. The Morgan fingerprint density at radius 2 is 1.07 bits per heavy atom. The lowest BCUT2D eigenvalue weighted by Gasteiger charge is -2.32. The van der Waals surface area contributed by atoms with Crippen molar-refractivity contribution < 1.29 is 29.7 Å². The number of amides is 2. The predicted molar refractivity (Wildman–Crippen MR) is 251 cm³/mol. The van der Waals surface area contributed by atoms with Crippen molar-refractivity contribution in [2.75, 3.05) is 44.2 Å². The maximum atomic E-state index is 12.6. The van der Waals surface area contributed by atoms with Crippen LogP contribution in [0.25, 0.3) is 0 Å². The molecule has 0 aliphatic heterocycles. The Hall–Kier alpha value is -2.14. The van der Waals surface area contributed by atoms with Crippen LogP contribution in [0.3, 0.4) is 0 Å². The van der Waals surface area contributed by atoms with Gasteiger partial charge in [-0.1, -0.05) is 72.8 Å². The van der Waals surface area contributed by atoms with E-state index in [0.717, 1.165) is 68.9 Å². The molecule has 0 saturated carbocycles. The monoisotopic (exact) mass is 922 g/mol. The smallest absolute Gasteiger partial charge is 0.226 e. The molecule has 0 bridgehead atoms. The van der Waals surface area contributed by atoms with Crippen molar-refractivity contribution in [3.8, 4) is 0 Å². The number of carbonyl (C=O) groups is 3. The minimum Gasteiger partial charge on any atom is -0.396 e. The maximum absolute atomic E-state index is 12.6. The molecule has 0 spiro atoms. The van der Waals surface area contributed by atoms with Gasteiger partial charge in [-0.25, -0.2) is 0 Å². The third-order valence-electron chi connectivity index (χ3n) is 9.68. The van der Waals surface area contributed by atoms with Gasteiger partial charge in [-0.3, -0.25) is 14.4 Å². The Kier molecular flexibility index (Phi) is 38.7. The summed E-state index contributed by atoms with van der Waals surface area (Å²) in [6.07, 6.45) is 11.6. The number of aliphatic hydroxyl groups is 3. The quantitative estimate of drug-likeness (QED) is 0.0374. The van der Waals surface area contributed by atoms with Gasteiger partial charge >= 0.3 is 0 Å². The van der Waals surface area contributed by atoms with Crippen LogP contribution in [0.4, 0.5) is 0 Å². The van der Waals surface area contributed by atoms with Crippen LogP contribution in [0.15, 0.2) is 86.0 Å². The van der Waals surface area contributed by atoms with Gasteiger partial charge in [0.2, 0.25) is 17.1 Å². The molecule has 0 unspecified atom stereocenters. The number of hydrogen-bond acceptors (Lipinski definition) is 6. The van der Waals surface area contributed by atoms with Gasteiger partial charge in [0, 0.05) is 63.0 Å². The summed E-state index contributed by atoms with van der Waals surface area (Å²) in [5.41, 5.74) is 1.64. The molecule has 0 saturated heterocycles. The molecule has 8 nitrogen and oxygen atoms in total. The lowest BCUT2D eigenvalue weighted by molar-refractivity contribution is -0.138. The van der Waals surface area contributed by atoms with Gasteiger partial charge in [0.1, 0.15) is 0 Å². The number of rotatable bonds is 26. The normalized spacial score (nSPS) is 13.5. The number of alkyl halides is 4. The number of likely N-dealkylation sites (N-methyl/N-ethyl adjacent to an activating group) is 2. The number of nitrogens with zero attached hydrogens (tertiary/aromatic N) is 2. The second-order valence-corrected chi connectivity index (χ2v) is 16.2. The highest BCUT2D eigenvalue weighted by molar-refractivity contribution is 6.63. The van der Waals surface area contributed by atoms with E-state index in [4.69, 9.17) is 63.1 Å². The van der Waals surface area contributed by atoms with Gasteiger partial charge in [0.25, 0.3) is 0 Å². The summed E-state index contributed by atoms with van der Waals surface area (Å²) in [4.78, 5) is 37.9. The van der Waals surface area contributed by atoms with Crippen molar-refractivity contribution in [2.45, 2.75) is 115 Å². The first-order chi connectivity index (χ1) is 28.2. The zero-order chi connectivity index (χ0) is 45.0. The fourth-order valence-electron chi connectivity index (χ4n) is 5.65. The average molecular weight is 925 g/mol. The Morgan fingerprint density at radius 1 is 0.644 bits per heavy atom. The van der Waals surface area contributed by atoms with E-state index in [1.807, 2.05) is 80.6 Å². The lowest BCUT2D eigenvalue weighted by atomic mass is 9.96. The van der Waals surface area contributed by atoms with Crippen LogP contribution in [0.1, 0.15) is 114 Å². The molecule has 336 valence electrons. The van der Waals surface area contributed by atoms with E-state index >= 15 is 0 Å². The van der Waals surface area contributed by atoms with Crippen LogP contribution < -0.4 is 0 Å². The van der Waals surface area contributed by atoms with E-state index in [1.165, 1.54) is 0 Å². The standard InChI is InChI=1S/C18H26ClNO2.C15H22ClNO2.C8H15ClO.C5H8Cl2O/c1-4-9-16(12-8-13-19)18(22)20(3)14(2)17(21)15-10-6-5-7-11-15;1-12(15(19)13-8-4-3-5-9-13)17(2)14(18)10-6-7-11-16;1-2-4-8(7-10)5-3-6-9;6-4-2-1-3-5(7)8/h4-7,10-11,14,16-17,21H,1,8-9,12-13H2,2-3H3;3-5,8-9,12,15,19H,6-7,10-11H2,1-2H3;2,8,10H,1,3-7H2;1-4H2/t14-,16-,17+;12-,15+;8-;/m110./s1. The van der Waals surface area contributed by atoms with Crippen LogP contribution in [-0.4, -0.2) is 98.5 Å². The maximum Gasteiger partial charge on any atom is 0.226 e. The highest BCUT2D eigenvalue weighted by Crippen LogP contribution is 2.24. The summed E-state index contributed by atoms with van der Waals surface area (Å²) in [5, 5.41) is 29.3. The molecule has 0 aliphatic rings. The Morgan fingerprint density at radius 3 is 1.47 bits per heavy atom.